The number of aryl methyl sites for hydroxylation is 1. The van der Waals surface area contributed by atoms with Gasteiger partial charge >= 0.3 is 0 Å². The summed E-state index contributed by atoms with van der Waals surface area (Å²) in [7, 11) is 0.932. The highest BCUT2D eigenvalue weighted by Gasteiger charge is 2.32. The first kappa shape index (κ1) is 22.6. The molecular weight excluding hydrogens is 432 g/mol. The number of nitrogens with zero attached hydrogens (tertiary/aromatic N) is 2. The largest absolute Gasteiger partial charge is 0.343 e. The van der Waals surface area contributed by atoms with Gasteiger partial charge in [-0.3, -0.25) is 14.0 Å². The van der Waals surface area contributed by atoms with E-state index < -0.39 is 50.8 Å². The maximum absolute atomic E-state index is 14.7. The van der Waals surface area contributed by atoms with E-state index in [0.29, 0.717) is 11.6 Å². The number of carbonyl (C=O) groups is 1. The lowest BCUT2D eigenvalue weighted by Crippen LogP contribution is -2.23. The van der Waals surface area contributed by atoms with E-state index in [9.17, 15) is 26.6 Å². The summed E-state index contributed by atoms with van der Waals surface area (Å²) in [5.74, 6) is -4.85. The zero-order valence-corrected chi connectivity index (χ0v) is 17.6. The molecule has 0 bridgehead atoms. The van der Waals surface area contributed by atoms with Crippen molar-refractivity contribution < 1.29 is 26.6 Å². The molecule has 0 spiro atoms. The fraction of sp³-hybridized carbons (Fsp3) is 0.182. The van der Waals surface area contributed by atoms with Gasteiger partial charge in [-0.25, -0.2) is 17.6 Å². The number of amides is 1. The third kappa shape index (κ3) is 4.51. The molecule has 2 atom stereocenters. The monoisotopic (exact) mass is 450 g/mol. The van der Waals surface area contributed by atoms with Crippen LogP contribution in [-0.2, 0) is 10.8 Å². The zero-order valence-electron chi connectivity index (χ0n) is 16.8. The van der Waals surface area contributed by atoms with E-state index in [1.165, 1.54) is 43.4 Å². The molecule has 0 saturated carbocycles. The van der Waals surface area contributed by atoms with Crippen LogP contribution in [0.25, 0.3) is 0 Å². The Morgan fingerprint density at radius 2 is 1.61 bits per heavy atom. The first-order valence-electron chi connectivity index (χ1n) is 9.09. The number of halogens is 4. The van der Waals surface area contributed by atoms with E-state index in [1.807, 2.05) is 0 Å². The summed E-state index contributed by atoms with van der Waals surface area (Å²) in [4.78, 5) is 17.6. The van der Waals surface area contributed by atoms with Crippen LogP contribution in [0.5, 0.6) is 0 Å². The van der Waals surface area contributed by atoms with E-state index in [2.05, 4.69) is 4.98 Å². The normalized spacial score (nSPS) is 13.0. The lowest BCUT2D eigenvalue weighted by atomic mass is 10.00. The van der Waals surface area contributed by atoms with Gasteiger partial charge in [-0.05, 0) is 60.5 Å². The predicted molar refractivity (Wildman–Crippen MR) is 108 cm³/mol. The number of pyridine rings is 1. The summed E-state index contributed by atoms with van der Waals surface area (Å²) in [6, 6.07) is 7.35. The Balaban J connectivity index is 2.22. The number of hydrogen-bond acceptors (Lipinski definition) is 3. The lowest BCUT2D eigenvalue weighted by Gasteiger charge is -2.21. The number of rotatable bonds is 5. The van der Waals surface area contributed by atoms with Gasteiger partial charge in [0.2, 0.25) is 0 Å². The predicted octanol–water partition coefficient (Wildman–Crippen LogP) is 4.55. The second-order valence-electron chi connectivity index (χ2n) is 7.01. The van der Waals surface area contributed by atoms with Crippen molar-refractivity contribution in [2.45, 2.75) is 17.1 Å². The molecule has 0 radical (unpaired) electrons. The Morgan fingerprint density at radius 1 is 1.00 bits per heavy atom. The van der Waals surface area contributed by atoms with Crippen molar-refractivity contribution in [3.8, 4) is 0 Å². The van der Waals surface area contributed by atoms with Gasteiger partial charge < -0.3 is 4.90 Å². The third-order valence-corrected chi connectivity index (χ3v) is 6.32. The second kappa shape index (κ2) is 8.97. The summed E-state index contributed by atoms with van der Waals surface area (Å²) in [6.07, 6.45) is 1.20. The minimum absolute atomic E-state index is 0.0813. The van der Waals surface area contributed by atoms with Crippen molar-refractivity contribution in [3.05, 3.63) is 94.3 Å². The van der Waals surface area contributed by atoms with Gasteiger partial charge in [0.15, 0.2) is 11.6 Å². The molecule has 31 heavy (non-hydrogen) atoms. The molecule has 1 aromatic heterocycles. The molecule has 4 nitrogen and oxygen atoms in total. The smallest absolute Gasteiger partial charge is 0.271 e. The molecule has 0 aliphatic carbocycles. The number of carbonyl (C=O) groups excluding carboxylic acids is 1. The molecule has 0 N–H and O–H groups in total. The van der Waals surface area contributed by atoms with Gasteiger partial charge in [0.25, 0.3) is 5.91 Å². The van der Waals surface area contributed by atoms with E-state index >= 15 is 0 Å². The van der Waals surface area contributed by atoms with Gasteiger partial charge in [-0.15, -0.1) is 0 Å². The molecule has 0 aliphatic rings. The Hall–Kier alpha value is -3.07. The molecule has 1 heterocycles. The van der Waals surface area contributed by atoms with E-state index in [0.717, 1.165) is 18.2 Å². The topological polar surface area (TPSA) is 50.3 Å². The Kier molecular flexibility index (Phi) is 6.54. The van der Waals surface area contributed by atoms with E-state index in [4.69, 9.17) is 0 Å². The minimum Gasteiger partial charge on any atom is -0.343 e. The molecular formula is C22H18F4N2O2S. The first-order chi connectivity index (χ1) is 14.6. The second-order valence-corrected chi connectivity index (χ2v) is 8.55. The highest BCUT2D eigenvalue weighted by Crippen LogP contribution is 2.37. The Bertz CT molecular complexity index is 1170. The van der Waals surface area contributed by atoms with Crippen LogP contribution >= 0.6 is 0 Å². The van der Waals surface area contributed by atoms with Crippen LogP contribution in [0.15, 0.2) is 53.6 Å². The fourth-order valence-electron chi connectivity index (χ4n) is 3.05. The van der Waals surface area contributed by atoms with Gasteiger partial charge in [0, 0.05) is 30.8 Å². The standard InChI is InChI=1S/C22H18F4N2O2S/c1-12-10-18(22(29)28(2)3)27-11-15(12)21(19-16(24)8-9-17(25)20(19)26)31(30)14-6-4-13(23)5-7-14/h4-11,21H,1-3H3. The van der Waals surface area contributed by atoms with Crippen molar-refractivity contribution >= 4 is 16.7 Å². The van der Waals surface area contributed by atoms with Gasteiger partial charge in [-0.2, -0.15) is 0 Å². The van der Waals surface area contributed by atoms with Crippen LogP contribution in [0.2, 0.25) is 0 Å². The molecule has 162 valence electrons. The lowest BCUT2D eigenvalue weighted by molar-refractivity contribution is 0.0822. The minimum atomic E-state index is -2.15. The van der Waals surface area contributed by atoms with Crippen LogP contribution in [0.3, 0.4) is 0 Å². The van der Waals surface area contributed by atoms with Crippen LogP contribution in [-0.4, -0.2) is 34.1 Å². The third-order valence-electron chi connectivity index (χ3n) is 4.66. The van der Waals surface area contributed by atoms with Crippen molar-refractivity contribution in [2.75, 3.05) is 14.1 Å². The number of benzene rings is 2. The van der Waals surface area contributed by atoms with Gasteiger partial charge in [0.1, 0.15) is 17.3 Å². The summed E-state index contributed by atoms with van der Waals surface area (Å²) in [5.41, 5.74) is -0.137. The summed E-state index contributed by atoms with van der Waals surface area (Å²) in [6.45, 7) is 1.56. The molecule has 0 aliphatic heterocycles. The molecule has 0 saturated heterocycles. The van der Waals surface area contributed by atoms with E-state index in [1.54, 1.807) is 6.92 Å². The molecule has 3 rings (SSSR count). The SMILES string of the molecule is Cc1cc(C(=O)N(C)C)ncc1C(c1c(F)ccc(F)c1F)S(=O)c1ccc(F)cc1. The van der Waals surface area contributed by atoms with Crippen LogP contribution in [0, 0.1) is 30.2 Å². The molecule has 3 aromatic rings. The fourth-order valence-corrected chi connectivity index (χ4v) is 4.64. The number of hydrogen-bond donors (Lipinski definition) is 0. The molecule has 0 fully saturated rings. The van der Waals surface area contributed by atoms with Crippen LogP contribution in [0.4, 0.5) is 17.6 Å². The van der Waals surface area contributed by atoms with Gasteiger partial charge in [-0.1, -0.05) is 0 Å². The molecule has 2 unspecified atom stereocenters. The van der Waals surface area contributed by atoms with Crippen molar-refractivity contribution in [3.63, 3.8) is 0 Å². The van der Waals surface area contributed by atoms with Gasteiger partial charge in [0.05, 0.1) is 16.0 Å². The van der Waals surface area contributed by atoms with Crippen LogP contribution in [0.1, 0.15) is 32.4 Å². The zero-order chi connectivity index (χ0) is 22.9. The Morgan fingerprint density at radius 3 is 2.19 bits per heavy atom. The maximum Gasteiger partial charge on any atom is 0.271 e. The number of aromatic nitrogens is 1. The van der Waals surface area contributed by atoms with Crippen molar-refractivity contribution in [2.24, 2.45) is 0 Å². The van der Waals surface area contributed by atoms with Crippen molar-refractivity contribution in [1.29, 1.82) is 0 Å². The highest BCUT2D eigenvalue weighted by molar-refractivity contribution is 7.85. The summed E-state index contributed by atoms with van der Waals surface area (Å²) in [5, 5.41) is -1.49. The molecule has 1 amide bonds. The molecule has 9 heteroatoms. The first-order valence-corrected chi connectivity index (χ1v) is 10.3. The summed E-state index contributed by atoms with van der Waals surface area (Å²) >= 11 is 0. The quantitative estimate of drug-likeness (QED) is 0.424. The average molecular weight is 450 g/mol. The van der Waals surface area contributed by atoms with Crippen LogP contribution < -0.4 is 0 Å². The molecule has 2 aromatic carbocycles. The maximum atomic E-state index is 14.7. The van der Waals surface area contributed by atoms with Crippen molar-refractivity contribution in [1.82, 2.24) is 9.88 Å². The average Bonchev–Trinajstić information content (AvgIpc) is 2.74. The van der Waals surface area contributed by atoms with E-state index in [-0.39, 0.29) is 16.2 Å². The summed E-state index contributed by atoms with van der Waals surface area (Å²) < 4.78 is 70.0. The Labute approximate surface area is 179 Å². The highest BCUT2D eigenvalue weighted by atomic mass is 32.2.